The third-order valence-corrected chi connectivity index (χ3v) is 5.32. The fourth-order valence-corrected chi connectivity index (χ4v) is 4.09. The molecule has 98 valence electrons. The fraction of sp³-hybridized carbons (Fsp3) is 1.00. The number of nitrogens with one attached hydrogen (secondary N) is 1. The molecule has 3 saturated heterocycles. The van der Waals surface area contributed by atoms with Crippen molar-refractivity contribution in [1.82, 2.24) is 15.1 Å². The summed E-state index contributed by atoms with van der Waals surface area (Å²) in [4.78, 5) is 5.52. The summed E-state index contributed by atoms with van der Waals surface area (Å²) in [7, 11) is 0. The van der Waals surface area contributed by atoms with Crippen molar-refractivity contribution < 1.29 is 0 Å². The maximum Gasteiger partial charge on any atom is 0.0278 e. The van der Waals surface area contributed by atoms with Crippen LogP contribution >= 0.6 is 0 Å². The zero-order valence-electron chi connectivity index (χ0n) is 11.4. The third kappa shape index (κ3) is 2.13. The van der Waals surface area contributed by atoms with Crippen LogP contribution in [0.4, 0.5) is 0 Å². The molecule has 3 aliphatic heterocycles. The second-order valence-corrected chi connectivity index (χ2v) is 6.41. The molecule has 3 atom stereocenters. The summed E-state index contributed by atoms with van der Waals surface area (Å²) in [5, 5.41) is 3.70. The van der Waals surface area contributed by atoms with Crippen LogP contribution in [-0.2, 0) is 0 Å². The molecule has 0 aromatic rings. The minimum Gasteiger partial charge on any atom is -0.309 e. The smallest absolute Gasteiger partial charge is 0.0278 e. The Balaban J connectivity index is 1.68. The number of piperazine rings is 1. The Morgan fingerprint density at radius 2 is 1.94 bits per heavy atom. The van der Waals surface area contributed by atoms with Crippen molar-refractivity contribution in [1.29, 1.82) is 0 Å². The number of fused-ring (bicyclic) bond motifs is 1. The lowest BCUT2D eigenvalue weighted by Gasteiger charge is -2.45. The van der Waals surface area contributed by atoms with Crippen molar-refractivity contribution in [3.05, 3.63) is 0 Å². The summed E-state index contributed by atoms with van der Waals surface area (Å²) in [5.41, 5.74) is 0.351. The highest BCUT2D eigenvalue weighted by atomic mass is 15.3. The van der Waals surface area contributed by atoms with Crippen molar-refractivity contribution in [3.63, 3.8) is 0 Å². The number of hydrogen-bond acceptors (Lipinski definition) is 3. The van der Waals surface area contributed by atoms with Crippen molar-refractivity contribution in [3.8, 4) is 0 Å². The summed E-state index contributed by atoms with van der Waals surface area (Å²) in [6, 6.07) is 1.74. The van der Waals surface area contributed by atoms with E-state index < -0.39 is 0 Å². The molecule has 3 aliphatic rings. The van der Waals surface area contributed by atoms with Crippen molar-refractivity contribution in [2.45, 2.75) is 57.2 Å². The van der Waals surface area contributed by atoms with E-state index in [-0.39, 0.29) is 0 Å². The molecule has 3 nitrogen and oxygen atoms in total. The molecule has 0 saturated carbocycles. The normalized spacial score (nSPS) is 44.1. The predicted octanol–water partition coefficient (Wildman–Crippen LogP) is 1.30. The van der Waals surface area contributed by atoms with E-state index in [9.17, 15) is 0 Å². The lowest BCUT2D eigenvalue weighted by atomic mass is 9.93. The van der Waals surface area contributed by atoms with Gasteiger partial charge in [-0.15, -0.1) is 0 Å². The molecule has 0 spiro atoms. The van der Waals surface area contributed by atoms with E-state index in [1.54, 1.807) is 0 Å². The SMILES string of the molecule is CCC1(C)CN(C2CCN3CCCC23)CCN1. The molecule has 3 heteroatoms. The first-order chi connectivity index (χ1) is 8.22. The van der Waals surface area contributed by atoms with Gasteiger partial charge in [0.05, 0.1) is 0 Å². The van der Waals surface area contributed by atoms with Gasteiger partial charge in [-0.1, -0.05) is 6.92 Å². The highest BCUT2D eigenvalue weighted by Gasteiger charge is 2.42. The van der Waals surface area contributed by atoms with Gasteiger partial charge in [0, 0.05) is 43.8 Å². The van der Waals surface area contributed by atoms with Gasteiger partial charge in [0.25, 0.3) is 0 Å². The molecular weight excluding hydrogens is 210 g/mol. The average Bonchev–Trinajstić information content (AvgIpc) is 2.90. The number of nitrogens with zero attached hydrogens (tertiary/aromatic N) is 2. The van der Waals surface area contributed by atoms with Crippen LogP contribution in [0.15, 0.2) is 0 Å². The van der Waals surface area contributed by atoms with Gasteiger partial charge in [0.1, 0.15) is 0 Å². The summed E-state index contributed by atoms with van der Waals surface area (Å²) in [5.74, 6) is 0. The molecule has 0 aliphatic carbocycles. The molecule has 3 rings (SSSR count). The second kappa shape index (κ2) is 4.52. The highest BCUT2D eigenvalue weighted by molar-refractivity contribution is 5.00. The summed E-state index contributed by atoms with van der Waals surface area (Å²) >= 11 is 0. The Hall–Kier alpha value is -0.120. The topological polar surface area (TPSA) is 18.5 Å². The Labute approximate surface area is 106 Å². The maximum absolute atomic E-state index is 3.70. The molecule has 3 heterocycles. The summed E-state index contributed by atoms with van der Waals surface area (Å²) in [6.45, 7) is 11.1. The van der Waals surface area contributed by atoms with Gasteiger partial charge in [-0.3, -0.25) is 9.80 Å². The molecule has 0 aromatic carbocycles. The summed E-state index contributed by atoms with van der Waals surface area (Å²) in [6.07, 6.45) is 5.52. The monoisotopic (exact) mass is 237 g/mol. The number of rotatable bonds is 2. The Bertz CT molecular complexity index is 281. The van der Waals surface area contributed by atoms with Gasteiger partial charge in [-0.05, 0) is 39.2 Å². The van der Waals surface area contributed by atoms with Crippen LogP contribution in [0.25, 0.3) is 0 Å². The van der Waals surface area contributed by atoms with Gasteiger partial charge in [0.15, 0.2) is 0 Å². The van der Waals surface area contributed by atoms with Crippen LogP contribution in [0, 0.1) is 0 Å². The van der Waals surface area contributed by atoms with E-state index >= 15 is 0 Å². The van der Waals surface area contributed by atoms with Gasteiger partial charge < -0.3 is 5.32 Å². The molecule has 17 heavy (non-hydrogen) atoms. The first kappa shape index (κ1) is 11.9. The van der Waals surface area contributed by atoms with Gasteiger partial charge in [-0.25, -0.2) is 0 Å². The van der Waals surface area contributed by atoms with E-state index in [1.165, 1.54) is 58.4 Å². The lowest BCUT2D eigenvalue weighted by Crippen LogP contribution is -2.61. The van der Waals surface area contributed by atoms with Crippen LogP contribution in [0.1, 0.15) is 39.5 Å². The minimum atomic E-state index is 0.351. The first-order valence-corrected chi connectivity index (χ1v) is 7.45. The highest BCUT2D eigenvalue weighted by Crippen LogP contribution is 2.32. The Morgan fingerprint density at radius 3 is 2.76 bits per heavy atom. The summed E-state index contributed by atoms with van der Waals surface area (Å²) < 4.78 is 0. The molecule has 1 N–H and O–H groups in total. The van der Waals surface area contributed by atoms with E-state index in [2.05, 4.69) is 29.0 Å². The molecule has 0 bridgehead atoms. The van der Waals surface area contributed by atoms with Gasteiger partial charge in [-0.2, -0.15) is 0 Å². The van der Waals surface area contributed by atoms with E-state index in [0.717, 1.165) is 12.1 Å². The molecule has 0 radical (unpaired) electrons. The van der Waals surface area contributed by atoms with Crippen molar-refractivity contribution in [2.75, 3.05) is 32.7 Å². The number of hydrogen-bond donors (Lipinski definition) is 1. The average molecular weight is 237 g/mol. The second-order valence-electron chi connectivity index (χ2n) is 6.41. The Morgan fingerprint density at radius 1 is 1.12 bits per heavy atom. The molecular formula is C14H27N3. The fourth-order valence-electron chi connectivity index (χ4n) is 4.09. The Kier molecular flexibility index (Phi) is 3.18. The lowest BCUT2D eigenvalue weighted by molar-refractivity contribution is 0.0829. The van der Waals surface area contributed by atoms with Gasteiger partial charge >= 0.3 is 0 Å². The maximum atomic E-state index is 3.70. The first-order valence-electron chi connectivity index (χ1n) is 7.45. The van der Waals surface area contributed by atoms with Crippen LogP contribution in [-0.4, -0.2) is 60.1 Å². The third-order valence-electron chi connectivity index (χ3n) is 5.32. The predicted molar refractivity (Wildman–Crippen MR) is 71.3 cm³/mol. The minimum absolute atomic E-state index is 0.351. The van der Waals surface area contributed by atoms with Crippen LogP contribution in [0.5, 0.6) is 0 Å². The van der Waals surface area contributed by atoms with Gasteiger partial charge in [0.2, 0.25) is 0 Å². The van der Waals surface area contributed by atoms with E-state index in [4.69, 9.17) is 0 Å². The van der Waals surface area contributed by atoms with E-state index in [1.807, 2.05) is 0 Å². The molecule has 0 amide bonds. The standard InChI is InChI=1S/C14H27N3/c1-3-14(2)11-17(10-7-15-14)13-6-9-16-8-4-5-12(13)16/h12-13,15H,3-11H2,1-2H3. The molecule has 3 fully saturated rings. The largest absolute Gasteiger partial charge is 0.309 e. The van der Waals surface area contributed by atoms with Crippen LogP contribution in [0.3, 0.4) is 0 Å². The van der Waals surface area contributed by atoms with Crippen LogP contribution < -0.4 is 5.32 Å². The van der Waals surface area contributed by atoms with Crippen LogP contribution in [0.2, 0.25) is 0 Å². The molecule has 3 unspecified atom stereocenters. The van der Waals surface area contributed by atoms with Crippen molar-refractivity contribution >= 4 is 0 Å². The van der Waals surface area contributed by atoms with Crippen molar-refractivity contribution in [2.24, 2.45) is 0 Å². The zero-order chi connectivity index (χ0) is 11.9. The van der Waals surface area contributed by atoms with E-state index in [0.29, 0.717) is 5.54 Å². The quantitative estimate of drug-likeness (QED) is 0.781. The zero-order valence-corrected chi connectivity index (χ0v) is 11.4. The molecule has 0 aromatic heterocycles.